The topological polar surface area (TPSA) is 43.7 Å². The van der Waals surface area contributed by atoms with Gasteiger partial charge >= 0.3 is 0 Å². The molecule has 1 aliphatic heterocycles. The van der Waals surface area contributed by atoms with Gasteiger partial charge in [-0.1, -0.05) is 36.5 Å². The Balaban J connectivity index is 2.10. The summed E-state index contributed by atoms with van der Waals surface area (Å²) in [5, 5.41) is 21.4. The van der Waals surface area contributed by atoms with Gasteiger partial charge in [-0.2, -0.15) is 0 Å². The van der Waals surface area contributed by atoms with Crippen LogP contribution in [0.3, 0.4) is 0 Å². The summed E-state index contributed by atoms with van der Waals surface area (Å²) in [5.74, 6) is 0. The summed E-state index contributed by atoms with van der Waals surface area (Å²) in [5.41, 5.74) is 0.655. The smallest absolute Gasteiger partial charge is 0.0642 e. The Morgan fingerprint density at radius 2 is 1.95 bits per heavy atom. The molecule has 5 heteroatoms. The Bertz CT molecular complexity index is 463. The van der Waals surface area contributed by atoms with Crippen molar-refractivity contribution in [3.05, 3.63) is 33.8 Å². The van der Waals surface area contributed by atoms with Crippen LogP contribution in [0.25, 0.3) is 0 Å². The molecule has 0 spiro atoms. The van der Waals surface area contributed by atoms with E-state index in [9.17, 15) is 10.2 Å². The molecule has 0 unspecified atom stereocenters. The molecule has 1 aromatic carbocycles. The molecule has 0 bridgehead atoms. The van der Waals surface area contributed by atoms with Crippen molar-refractivity contribution in [1.82, 2.24) is 4.90 Å². The number of halogens is 2. The van der Waals surface area contributed by atoms with Crippen LogP contribution in [0.2, 0.25) is 10.0 Å². The van der Waals surface area contributed by atoms with Gasteiger partial charge in [0, 0.05) is 35.1 Å². The van der Waals surface area contributed by atoms with Crippen molar-refractivity contribution in [1.29, 1.82) is 0 Å². The van der Waals surface area contributed by atoms with E-state index in [0.717, 1.165) is 31.5 Å². The van der Waals surface area contributed by atoms with Crippen molar-refractivity contribution in [3.8, 4) is 0 Å². The highest BCUT2D eigenvalue weighted by Crippen LogP contribution is 2.35. The molecule has 1 fully saturated rings. The minimum absolute atomic E-state index is 0.0226. The van der Waals surface area contributed by atoms with Gasteiger partial charge in [-0.3, -0.25) is 4.90 Å². The highest BCUT2D eigenvalue weighted by Gasteiger charge is 2.41. The van der Waals surface area contributed by atoms with E-state index in [2.05, 4.69) is 11.8 Å². The second-order valence-corrected chi connectivity index (χ2v) is 6.94. The first-order chi connectivity index (χ1) is 9.99. The van der Waals surface area contributed by atoms with Gasteiger partial charge in [-0.05, 0) is 36.6 Å². The molecule has 2 atom stereocenters. The van der Waals surface area contributed by atoms with E-state index in [0.29, 0.717) is 23.0 Å². The molecule has 1 heterocycles. The average Bonchev–Trinajstić information content (AvgIpc) is 2.41. The van der Waals surface area contributed by atoms with Crippen LogP contribution in [0.5, 0.6) is 0 Å². The lowest BCUT2D eigenvalue weighted by Crippen LogP contribution is -2.53. The van der Waals surface area contributed by atoms with Gasteiger partial charge < -0.3 is 10.2 Å². The van der Waals surface area contributed by atoms with Gasteiger partial charge in [-0.25, -0.2) is 0 Å². The third kappa shape index (κ3) is 4.11. The molecule has 21 heavy (non-hydrogen) atoms. The maximum Gasteiger partial charge on any atom is 0.0642 e. The van der Waals surface area contributed by atoms with E-state index in [-0.39, 0.29) is 6.61 Å². The highest BCUT2D eigenvalue weighted by atomic mass is 35.5. The molecular weight excluding hydrogens is 309 g/mol. The first-order valence-corrected chi connectivity index (χ1v) is 8.21. The number of piperidine rings is 1. The minimum Gasteiger partial charge on any atom is -0.396 e. The van der Waals surface area contributed by atoms with Crippen molar-refractivity contribution in [2.75, 3.05) is 19.7 Å². The van der Waals surface area contributed by atoms with E-state index >= 15 is 0 Å². The van der Waals surface area contributed by atoms with E-state index in [1.54, 1.807) is 6.07 Å². The van der Waals surface area contributed by atoms with E-state index in [1.807, 2.05) is 12.1 Å². The molecule has 0 aliphatic carbocycles. The maximum atomic E-state index is 10.3. The fourth-order valence-electron chi connectivity index (χ4n) is 3.31. The molecule has 2 rings (SSSR count). The molecule has 1 aromatic rings. The zero-order valence-corrected chi connectivity index (χ0v) is 13.9. The number of hydrogen-bond donors (Lipinski definition) is 2. The third-order valence-electron chi connectivity index (χ3n) is 4.36. The van der Waals surface area contributed by atoms with Gasteiger partial charge in [-0.15, -0.1) is 0 Å². The first kappa shape index (κ1) is 17.0. The first-order valence-electron chi connectivity index (χ1n) is 7.45. The summed E-state index contributed by atoms with van der Waals surface area (Å²) in [4.78, 5) is 2.26. The van der Waals surface area contributed by atoms with Crippen molar-refractivity contribution in [2.24, 2.45) is 5.41 Å². The Labute approximate surface area is 136 Å². The Kier molecular flexibility index (Phi) is 5.92. The molecule has 0 amide bonds. The number of benzene rings is 1. The normalized spacial score (nSPS) is 27.0. The van der Waals surface area contributed by atoms with Crippen LogP contribution in [0.15, 0.2) is 18.2 Å². The highest BCUT2D eigenvalue weighted by molar-refractivity contribution is 6.34. The van der Waals surface area contributed by atoms with Crippen LogP contribution < -0.4 is 0 Å². The van der Waals surface area contributed by atoms with Crippen molar-refractivity contribution < 1.29 is 10.2 Å². The largest absolute Gasteiger partial charge is 0.396 e. The van der Waals surface area contributed by atoms with E-state index < -0.39 is 11.5 Å². The van der Waals surface area contributed by atoms with Gasteiger partial charge in [0.25, 0.3) is 0 Å². The predicted molar refractivity (Wildman–Crippen MR) is 86.8 cm³/mol. The van der Waals surface area contributed by atoms with Crippen molar-refractivity contribution in [3.63, 3.8) is 0 Å². The number of likely N-dealkylation sites (tertiary alicyclic amines) is 1. The van der Waals surface area contributed by atoms with Crippen LogP contribution in [-0.4, -0.2) is 40.9 Å². The molecule has 1 saturated heterocycles. The van der Waals surface area contributed by atoms with Crippen LogP contribution in [-0.2, 0) is 6.54 Å². The van der Waals surface area contributed by atoms with E-state index in [4.69, 9.17) is 23.2 Å². The summed E-state index contributed by atoms with van der Waals surface area (Å²) in [6, 6.07) is 5.56. The number of aliphatic hydroxyl groups excluding tert-OH is 2. The van der Waals surface area contributed by atoms with Gasteiger partial charge in [0.1, 0.15) is 0 Å². The zero-order chi connectivity index (χ0) is 15.5. The molecule has 3 nitrogen and oxygen atoms in total. The average molecular weight is 332 g/mol. The fourth-order valence-corrected chi connectivity index (χ4v) is 3.89. The Hall–Kier alpha value is -0.320. The molecule has 0 aromatic heterocycles. The van der Waals surface area contributed by atoms with Crippen molar-refractivity contribution in [2.45, 2.75) is 38.8 Å². The SMILES string of the molecule is CCC[C@]1(CO)CN(Cc2cc(Cl)cc(Cl)c2)CC[C@@H]1O. The molecule has 0 saturated carbocycles. The summed E-state index contributed by atoms with van der Waals surface area (Å²) in [7, 11) is 0. The molecule has 1 aliphatic rings. The Morgan fingerprint density at radius 3 is 2.52 bits per heavy atom. The van der Waals surface area contributed by atoms with E-state index in [1.165, 1.54) is 0 Å². The van der Waals surface area contributed by atoms with Crippen LogP contribution in [0, 0.1) is 5.41 Å². The lowest BCUT2D eigenvalue weighted by atomic mass is 9.74. The quantitative estimate of drug-likeness (QED) is 0.869. The van der Waals surface area contributed by atoms with Crippen LogP contribution >= 0.6 is 23.2 Å². The summed E-state index contributed by atoms with van der Waals surface area (Å²) in [6.07, 6.45) is 2.04. The number of aliphatic hydroxyl groups is 2. The van der Waals surface area contributed by atoms with Crippen molar-refractivity contribution >= 4 is 23.2 Å². The van der Waals surface area contributed by atoms with Crippen LogP contribution in [0.1, 0.15) is 31.7 Å². The molecule has 0 radical (unpaired) electrons. The summed E-state index contributed by atoms with van der Waals surface area (Å²) < 4.78 is 0. The second-order valence-electron chi connectivity index (χ2n) is 6.06. The lowest BCUT2D eigenvalue weighted by molar-refractivity contribution is -0.0819. The Morgan fingerprint density at radius 1 is 1.29 bits per heavy atom. The third-order valence-corrected chi connectivity index (χ3v) is 4.79. The number of hydrogen-bond acceptors (Lipinski definition) is 3. The van der Waals surface area contributed by atoms with Gasteiger partial charge in [0.05, 0.1) is 12.7 Å². The molecule has 118 valence electrons. The van der Waals surface area contributed by atoms with Crippen LogP contribution in [0.4, 0.5) is 0 Å². The maximum absolute atomic E-state index is 10.3. The predicted octanol–water partition coefficient (Wildman–Crippen LogP) is 3.34. The monoisotopic (exact) mass is 331 g/mol. The standard InChI is InChI=1S/C16H23Cl2NO2/c1-2-4-16(11-20)10-19(5-3-15(16)21)9-12-6-13(17)8-14(18)7-12/h6-8,15,20-21H,2-5,9-11H2,1H3/t15-,16+/m0/s1. The number of rotatable bonds is 5. The molecule has 2 N–H and O–H groups in total. The summed E-state index contributed by atoms with van der Waals surface area (Å²) in [6.45, 7) is 4.35. The molecular formula is C16H23Cl2NO2. The minimum atomic E-state index is -0.429. The lowest BCUT2D eigenvalue weighted by Gasteiger charge is -2.45. The van der Waals surface area contributed by atoms with Gasteiger partial charge in [0.2, 0.25) is 0 Å². The zero-order valence-electron chi connectivity index (χ0n) is 12.4. The van der Waals surface area contributed by atoms with Gasteiger partial charge in [0.15, 0.2) is 0 Å². The fraction of sp³-hybridized carbons (Fsp3) is 0.625. The second kappa shape index (κ2) is 7.30. The number of nitrogens with zero attached hydrogens (tertiary/aromatic N) is 1. The summed E-state index contributed by atoms with van der Waals surface area (Å²) >= 11 is 12.1.